The van der Waals surface area contributed by atoms with Gasteiger partial charge >= 0.3 is 6.16 Å². The SMILES string of the molecule is CC(C)(C)OC(=O)Oc1c(-c2c(F)cccc2F)ccccc1=O. The minimum Gasteiger partial charge on any atom is -0.428 e. The molecule has 0 radical (unpaired) electrons. The Morgan fingerprint density at radius 3 is 2.12 bits per heavy atom. The fourth-order valence-electron chi connectivity index (χ4n) is 1.99. The zero-order chi connectivity index (χ0) is 17.9. The maximum Gasteiger partial charge on any atom is 0.514 e. The minimum atomic E-state index is -1.14. The van der Waals surface area contributed by atoms with E-state index in [0.717, 1.165) is 18.2 Å². The Hall–Kier alpha value is -2.76. The van der Waals surface area contributed by atoms with Crippen molar-refractivity contribution in [3.05, 3.63) is 64.3 Å². The molecule has 6 heteroatoms. The average Bonchev–Trinajstić information content (AvgIpc) is 2.60. The molecule has 0 aliphatic rings. The summed E-state index contributed by atoms with van der Waals surface area (Å²) in [6.45, 7) is 4.86. The zero-order valence-corrected chi connectivity index (χ0v) is 13.4. The Bertz CT molecular complexity index is 806. The smallest absolute Gasteiger partial charge is 0.428 e. The van der Waals surface area contributed by atoms with Crippen LogP contribution in [0.5, 0.6) is 5.75 Å². The van der Waals surface area contributed by atoms with Crippen LogP contribution < -0.4 is 10.2 Å². The molecule has 4 nitrogen and oxygen atoms in total. The van der Waals surface area contributed by atoms with Gasteiger partial charge in [0.15, 0.2) is 5.75 Å². The predicted octanol–water partition coefficient (Wildman–Crippen LogP) is 4.31. The molecule has 2 aromatic carbocycles. The summed E-state index contributed by atoms with van der Waals surface area (Å²) in [5, 5.41) is 0. The Morgan fingerprint density at radius 2 is 1.54 bits per heavy atom. The molecule has 0 aliphatic heterocycles. The standard InChI is InChI=1S/C18H16F2O4/c1-18(2,3)24-17(22)23-16-11(7-4-5-10-14(16)21)15-12(19)8-6-9-13(15)20/h4-10H,1-3H3. The Kier molecular flexibility index (Phi) is 4.97. The van der Waals surface area contributed by atoms with Crippen LogP contribution in [0.3, 0.4) is 0 Å². The molecular weight excluding hydrogens is 318 g/mol. The second-order valence-corrected chi connectivity index (χ2v) is 5.99. The Morgan fingerprint density at radius 1 is 0.958 bits per heavy atom. The molecule has 0 unspecified atom stereocenters. The fourth-order valence-corrected chi connectivity index (χ4v) is 1.99. The van der Waals surface area contributed by atoms with Crippen LogP contribution in [0.4, 0.5) is 13.6 Å². The summed E-state index contributed by atoms with van der Waals surface area (Å²) in [4.78, 5) is 24.0. The van der Waals surface area contributed by atoms with E-state index in [1.165, 1.54) is 24.3 Å². The first kappa shape index (κ1) is 17.6. The lowest BCUT2D eigenvalue weighted by atomic mass is 10.1. The van der Waals surface area contributed by atoms with Gasteiger partial charge in [-0.2, -0.15) is 0 Å². The second-order valence-electron chi connectivity index (χ2n) is 5.99. The van der Waals surface area contributed by atoms with Crippen LogP contribution in [0.1, 0.15) is 20.8 Å². The summed E-state index contributed by atoms with van der Waals surface area (Å²) in [5.74, 6) is -2.26. The molecule has 0 spiro atoms. The second kappa shape index (κ2) is 6.78. The molecule has 0 heterocycles. The van der Waals surface area contributed by atoms with Crippen LogP contribution in [0, 0.1) is 11.6 Å². The molecule has 126 valence electrons. The Balaban J connectivity index is 2.59. The van der Waals surface area contributed by atoms with Gasteiger partial charge in [0.1, 0.15) is 17.2 Å². The minimum absolute atomic E-state index is 0.175. The molecule has 0 aliphatic carbocycles. The van der Waals surface area contributed by atoms with Gasteiger partial charge in [-0.1, -0.05) is 24.3 Å². The fraction of sp³-hybridized carbons (Fsp3) is 0.222. The first-order valence-electron chi connectivity index (χ1n) is 7.17. The van der Waals surface area contributed by atoms with Gasteiger partial charge in [0.05, 0.1) is 5.56 Å². The molecule has 0 N–H and O–H groups in total. The van der Waals surface area contributed by atoms with Crippen molar-refractivity contribution in [3.63, 3.8) is 0 Å². The van der Waals surface area contributed by atoms with Crippen LogP contribution in [0.25, 0.3) is 11.1 Å². The third-order valence-corrected chi connectivity index (χ3v) is 2.90. The van der Waals surface area contributed by atoms with E-state index in [1.807, 2.05) is 0 Å². The number of rotatable bonds is 2. The van der Waals surface area contributed by atoms with E-state index < -0.39 is 40.1 Å². The van der Waals surface area contributed by atoms with Crippen molar-refractivity contribution >= 4 is 6.16 Å². The third kappa shape index (κ3) is 4.16. The topological polar surface area (TPSA) is 52.6 Å². The Labute approximate surface area is 137 Å². The predicted molar refractivity (Wildman–Crippen MR) is 84.9 cm³/mol. The zero-order valence-electron chi connectivity index (χ0n) is 13.4. The number of carbonyl (C=O) groups excluding carboxylic acids is 1. The molecule has 24 heavy (non-hydrogen) atoms. The maximum absolute atomic E-state index is 14.1. The number of hydrogen-bond acceptors (Lipinski definition) is 4. The number of ether oxygens (including phenoxy) is 2. The van der Waals surface area contributed by atoms with Crippen molar-refractivity contribution in [2.45, 2.75) is 26.4 Å². The lowest BCUT2D eigenvalue weighted by Crippen LogP contribution is -2.27. The first-order valence-corrected chi connectivity index (χ1v) is 7.17. The number of benzene rings is 1. The monoisotopic (exact) mass is 334 g/mol. The molecule has 0 fully saturated rings. The number of carbonyl (C=O) groups is 1. The van der Waals surface area contributed by atoms with Crippen molar-refractivity contribution in [2.24, 2.45) is 0 Å². The molecule has 0 saturated carbocycles. The summed E-state index contributed by atoms with van der Waals surface area (Å²) in [5.41, 5.74) is -2.18. The molecule has 2 aromatic rings. The molecule has 0 bridgehead atoms. The third-order valence-electron chi connectivity index (χ3n) is 2.90. The van der Waals surface area contributed by atoms with E-state index in [0.29, 0.717) is 0 Å². The van der Waals surface area contributed by atoms with E-state index in [9.17, 15) is 18.4 Å². The van der Waals surface area contributed by atoms with E-state index in [2.05, 4.69) is 0 Å². The van der Waals surface area contributed by atoms with Crippen molar-refractivity contribution in [3.8, 4) is 16.9 Å². The van der Waals surface area contributed by atoms with Crippen LogP contribution in [0.2, 0.25) is 0 Å². The van der Waals surface area contributed by atoms with Crippen molar-refractivity contribution in [2.75, 3.05) is 0 Å². The summed E-state index contributed by atoms with van der Waals surface area (Å²) < 4.78 is 38.1. The summed E-state index contributed by atoms with van der Waals surface area (Å²) in [6.07, 6.45) is -1.14. The quantitative estimate of drug-likeness (QED) is 0.768. The van der Waals surface area contributed by atoms with Gasteiger partial charge in [-0.3, -0.25) is 4.79 Å². The van der Waals surface area contributed by atoms with Crippen molar-refractivity contribution in [1.29, 1.82) is 0 Å². The van der Waals surface area contributed by atoms with Gasteiger partial charge in [0, 0.05) is 5.56 Å². The van der Waals surface area contributed by atoms with Gasteiger partial charge < -0.3 is 9.47 Å². The van der Waals surface area contributed by atoms with Crippen LogP contribution >= 0.6 is 0 Å². The lowest BCUT2D eigenvalue weighted by molar-refractivity contribution is 0.0205. The van der Waals surface area contributed by atoms with Crippen LogP contribution in [-0.4, -0.2) is 11.8 Å². The highest BCUT2D eigenvalue weighted by molar-refractivity contribution is 5.75. The van der Waals surface area contributed by atoms with E-state index in [1.54, 1.807) is 20.8 Å². The van der Waals surface area contributed by atoms with Crippen LogP contribution in [-0.2, 0) is 4.74 Å². The average molecular weight is 334 g/mol. The summed E-state index contributed by atoms with van der Waals surface area (Å²) in [7, 11) is 0. The lowest BCUT2D eigenvalue weighted by Gasteiger charge is -2.19. The molecule has 0 saturated heterocycles. The normalized spacial score (nSPS) is 11.0. The van der Waals surface area contributed by atoms with E-state index in [4.69, 9.17) is 9.47 Å². The maximum atomic E-state index is 14.1. The van der Waals surface area contributed by atoms with Crippen molar-refractivity contribution < 1.29 is 23.0 Å². The van der Waals surface area contributed by atoms with Crippen LogP contribution in [0.15, 0.2) is 47.3 Å². The highest BCUT2D eigenvalue weighted by Gasteiger charge is 2.23. The molecule has 0 aromatic heterocycles. The van der Waals surface area contributed by atoms with E-state index >= 15 is 0 Å². The molecule has 0 amide bonds. The largest absolute Gasteiger partial charge is 0.514 e. The van der Waals surface area contributed by atoms with Gasteiger partial charge in [0.2, 0.25) is 5.43 Å². The first-order chi connectivity index (χ1) is 11.2. The summed E-state index contributed by atoms with van der Waals surface area (Å²) >= 11 is 0. The van der Waals surface area contributed by atoms with Gasteiger partial charge in [0.25, 0.3) is 0 Å². The number of halogens is 2. The molecular formula is C18H16F2O4. The molecule has 2 rings (SSSR count). The van der Waals surface area contributed by atoms with Gasteiger partial charge in [-0.15, -0.1) is 0 Å². The van der Waals surface area contributed by atoms with E-state index in [-0.39, 0.29) is 5.56 Å². The number of hydrogen-bond donors (Lipinski definition) is 0. The van der Waals surface area contributed by atoms with Gasteiger partial charge in [-0.05, 0) is 39.0 Å². The highest BCUT2D eigenvalue weighted by atomic mass is 19.1. The highest BCUT2D eigenvalue weighted by Crippen LogP contribution is 2.31. The van der Waals surface area contributed by atoms with Gasteiger partial charge in [-0.25, -0.2) is 13.6 Å². The molecule has 0 atom stereocenters. The van der Waals surface area contributed by atoms with Crippen molar-refractivity contribution in [1.82, 2.24) is 0 Å². The summed E-state index contributed by atoms with van der Waals surface area (Å²) in [6, 6.07) is 8.52.